The van der Waals surface area contributed by atoms with Crippen molar-refractivity contribution in [1.29, 1.82) is 0 Å². The van der Waals surface area contributed by atoms with Gasteiger partial charge in [0.1, 0.15) is 12.1 Å². The van der Waals surface area contributed by atoms with E-state index >= 15 is 0 Å². The van der Waals surface area contributed by atoms with E-state index in [9.17, 15) is 14.4 Å². The quantitative estimate of drug-likeness (QED) is 0.685. The van der Waals surface area contributed by atoms with Gasteiger partial charge in [-0.25, -0.2) is 4.79 Å². The Kier molecular flexibility index (Phi) is 6.32. The summed E-state index contributed by atoms with van der Waals surface area (Å²) in [4.78, 5) is 40.8. The van der Waals surface area contributed by atoms with Crippen LogP contribution >= 0.6 is 0 Å². The minimum atomic E-state index is -0.767. The second-order valence-corrected chi connectivity index (χ2v) is 9.84. The first-order chi connectivity index (χ1) is 14.8. The molecule has 3 aliphatic rings. The highest BCUT2D eigenvalue weighted by molar-refractivity contribution is 6.09. The Morgan fingerprint density at radius 2 is 1.68 bits per heavy atom. The van der Waals surface area contributed by atoms with E-state index in [1.54, 1.807) is 0 Å². The van der Waals surface area contributed by atoms with Crippen molar-refractivity contribution < 1.29 is 14.4 Å². The first-order valence-corrected chi connectivity index (χ1v) is 11.6. The van der Waals surface area contributed by atoms with Crippen molar-refractivity contribution in [2.45, 2.75) is 64.6 Å². The molecule has 4 amide bonds. The van der Waals surface area contributed by atoms with Gasteiger partial charge in [-0.3, -0.25) is 19.4 Å². The lowest BCUT2D eigenvalue weighted by Gasteiger charge is -2.35. The van der Waals surface area contributed by atoms with Crippen molar-refractivity contribution in [1.82, 2.24) is 20.4 Å². The smallest absolute Gasteiger partial charge is 0.325 e. The monoisotopic (exact) mass is 426 g/mol. The molecule has 2 N–H and O–H groups in total. The summed E-state index contributed by atoms with van der Waals surface area (Å²) >= 11 is 0. The minimum absolute atomic E-state index is 0.226. The lowest BCUT2D eigenvalue weighted by atomic mass is 9.91. The highest BCUT2D eigenvalue weighted by Crippen LogP contribution is 2.34. The molecule has 31 heavy (non-hydrogen) atoms. The third kappa shape index (κ3) is 4.92. The van der Waals surface area contributed by atoms with E-state index in [-0.39, 0.29) is 18.4 Å². The maximum Gasteiger partial charge on any atom is 0.325 e. The molecule has 0 bridgehead atoms. The predicted octanol–water partition coefficient (Wildman–Crippen LogP) is 2.65. The largest absolute Gasteiger partial charge is 0.350 e. The van der Waals surface area contributed by atoms with Crippen molar-refractivity contribution in [3.05, 3.63) is 35.4 Å². The molecule has 2 saturated heterocycles. The molecular weight excluding hydrogens is 392 g/mol. The fourth-order valence-electron chi connectivity index (χ4n) is 5.48. The van der Waals surface area contributed by atoms with Crippen molar-refractivity contribution in [2.24, 2.45) is 11.8 Å². The Balaban J connectivity index is 1.25. The zero-order valence-electron chi connectivity index (χ0n) is 18.7. The Hall–Kier alpha value is -2.41. The summed E-state index contributed by atoms with van der Waals surface area (Å²) < 4.78 is 0. The summed E-state index contributed by atoms with van der Waals surface area (Å²) in [5, 5.41) is 5.64. The van der Waals surface area contributed by atoms with Crippen LogP contribution in [-0.2, 0) is 22.7 Å². The second kappa shape index (κ2) is 8.99. The van der Waals surface area contributed by atoms with Crippen LogP contribution in [0.1, 0.15) is 57.1 Å². The van der Waals surface area contributed by atoms with Gasteiger partial charge >= 0.3 is 6.03 Å². The summed E-state index contributed by atoms with van der Waals surface area (Å²) in [6.07, 6.45) is 4.49. The van der Waals surface area contributed by atoms with Crippen LogP contribution in [0.15, 0.2) is 24.3 Å². The van der Waals surface area contributed by atoms with E-state index in [0.29, 0.717) is 19.4 Å². The number of imide groups is 1. The third-order valence-corrected chi connectivity index (χ3v) is 6.87. The van der Waals surface area contributed by atoms with Crippen molar-refractivity contribution >= 4 is 17.8 Å². The molecule has 0 aromatic heterocycles. The van der Waals surface area contributed by atoms with E-state index in [1.165, 1.54) is 12.0 Å². The van der Waals surface area contributed by atoms with Crippen LogP contribution in [0.25, 0.3) is 0 Å². The molecule has 168 valence electrons. The zero-order chi connectivity index (χ0) is 22.0. The Labute approximate surface area is 184 Å². The number of hydrogen-bond donors (Lipinski definition) is 2. The molecule has 1 saturated carbocycles. The highest BCUT2D eigenvalue weighted by Gasteiger charge is 2.52. The summed E-state index contributed by atoms with van der Waals surface area (Å²) in [7, 11) is 0. The number of amides is 4. The summed E-state index contributed by atoms with van der Waals surface area (Å²) in [6, 6.07) is 7.86. The van der Waals surface area contributed by atoms with Crippen LogP contribution < -0.4 is 10.6 Å². The molecule has 2 aliphatic heterocycles. The predicted molar refractivity (Wildman–Crippen MR) is 118 cm³/mol. The van der Waals surface area contributed by atoms with Crippen LogP contribution in [-0.4, -0.2) is 52.8 Å². The number of benzene rings is 1. The molecule has 1 aliphatic carbocycles. The fraction of sp³-hybridized carbons (Fsp3) is 0.625. The third-order valence-electron chi connectivity index (χ3n) is 6.87. The molecule has 2 heterocycles. The molecule has 7 nitrogen and oxygen atoms in total. The molecule has 0 radical (unpaired) electrons. The Morgan fingerprint density at radius 3 is 2.32 bits per heavy atom. The van der Waals surface area contributed by atoms with E-state index < -0.39 is 11.6 Å². The van der Waals surface area contributed by atoms with Crippen LogP contribution in [0.3, 0.4) is 0 Å². The maximum absolute atomic E-state index is 12.6. The second-order valence-electron chi connectivity index (χ2n) is 9.84. The van der Waals surface area contributed by atoms with Gasteiger partial charge in [-0.05, 0) is 42.2 Å². The van der Waals surface area contributed by atoms with E-state index in [1.807, 2.05) is 12.1 Å². The topological polar surface area (TPSA) is 81.8 Å². The zero-order valence-corrected chi connectivity index (χ0v) is 18.7. The molecule has 0 unspecified atom stereocenters. The summed E-state index contributed by atoms with van der Waals surface area (Å²) in [5.74, 6) is 0.910. The van der Waals surface area contributed by atoms with Gasteiger partial charge in [0, 0.05) is 26.2 Å². The number of likely N-dealkylation sites (tertiary alicyclic amines) is 1. The van der Waals surface area contributed by atoms with Gasteiger partial charge in [-0.15, -0.1) is 0 Å². The van der Waals surface area contributed by atoms with E-state index in [0.717, 1.165) is 54.8 Å². The first-order valence-electron chi connectivity index (χ1n) is 11.6. The average Bonchev–Trinajstić information content (AvgIpc) is 3.27. The number of carbonyl (C=O) groups excluding carboxylic acids is 3. The molecule has 4 rings (SSSR count). The van der Waals surface area contributed by atoms with Crippen LogP contribution in [0.2, 0.25) is 0 Å². The van der Waals surface area contributed by atoms with Crippen LogP contribution in [0.4, 0.5) is 4.79 Å². The van der Waals surface area contributed by atoms with Gasteiger partial charge in [0.25, 0.3) is 5.91 Å². The van der Waals surface area contributed by atoms with Crippen molar-refractivity contribution in [2.75, 3.05) is 19.6 Å². The molecule has 1 spiro atoms. The number of carbonyl (C=O) groups is 3. The number of nitrogens with one attached hydrogen (secondary N) is 2. The standard InChI is InChI=1S/C24H34N4O3/c1-17-11-18(2)14-27(13-17)15-20-7-5-19(6-8-20)12-25-21(29)16-28-22(30)24(26-23(28)31)9-3-4-10-24/h5-8,17-18H,3-4,9-16H2,1-2H3,(H,25,29)(H,26,31)/t17-,18+. The van der Waals surface area contributed by atoms with Gasteiger partial charge in [-0.1, -0.05) is 51.0 Å². The lowest BCUT2D eigenvalue weighted by molar-refractivity contribution is -0.134. The normalized spacial score (nSPS) is 25.8. The number of piperidine rings is 1. The number of rotatable bonds is 6. The molecule has 7 heteroatoms. The number of nitrogens with zero attached hydrogens (tertiary/aromatic N) is 2. The van der Waals surface area contributed by atoms with Crippen molar-refractivity contribution in [3.63, 3.8) is 0 Å². The lowest BCUT2D eigenvalue weighted by Crippen LogP contribution is -2.45. The Morgan fingerprint density at radius 1 is 1.06 bits per heavy atom. The van der Waals surface area contributed by atoms with E-state index in [2.05, 4.69) is 41.5 Å². The summed E-state index contributed by atoms with van der Waals surface area (Å²) in [5.41, 5.74) is 1.51. The van der Waals surface area contributed by atoms with Crippen LogP contribution in [0, 0.1) is 11.8 Å². The molecule has 2 atom stereocenters. The van der Waals surface area contributed by atoms with Gasteiger partial charge in [0.2, 0.25) is 5.91 Å². The van der Waals surface area contributed by atoms with E-state index in [4.69, 9.17) is 0 Å². The van der Waals surface area contributed by atoms with Crippen LogP contribution in [0.5, 0.6) is 0 Å². The summed E-state index contributed by atoms with van der Waals surface area (Å²) in [6.45, 7) is 8.04. The number of hydrogen-bond acceptors (Lipinski definition) is 4. The van der Waals surface area contributed by atoms with Gasteiger partial charge in [0.05, 0.1) is 0 Å². The molecular formula is C24H34N4O3. The highest BCUT2D eigenvalue weighted by atomic mass is 16.2. The number of urea groups is 1. The minimum Gasteiger partial charge on any atom is -0.350 e. The van der Waals surface area contributed by atoms with Gasteiger partial charge in [-0.2, -0.15) is 0 Å². The molecule has 1 aromatic carbocycles. The Bertz CT molecular complexity index is 822. The SMILES string of the molecule is C[C@@H]1C[C@H](C)CN(Cc2ccc(CNC(=O)CN3C(=O)NC4(CCCC4)C3=O)cc2)C1. The fourth-order valence-corrected chi connectivity index (χ4v) is 5.48. The van der Waals surface area contributed by atoms with Crippen molar-refractivity contribution in [3.8, 4) is 0 Å². The van der Waals surface area contributed by atoms with Gasteiger partial charge < -0.3 is 10.6 Å². The maximum atomic E-state index is 12.6. The molecule has 3 fully saturated rings. The average molecular weight is 427 g/mol. The first kappa shape index (κ1) is 21.8. The molecule has 1 aromatic rings. The van der Waals surface area contributed by atoms with Gasteiger partial charge in [0.15, 0.2) is 0 Å².